The molecule has 0 aliphatic heterocycles. The Morgan fingerprint density at radius 3 is 2.79 bits per heavy atom. The maximum Gasteiger partial charge on any atom is 0.119 e. The fourth-order valence-electron chi connectivity index (χ4n) is 1.79. The predicted octanol–water partition coefficient (Wildman–Crippen LogP) is 1.64. The maximum absolute atomic E-state index is 5.61. The minimum atomic E-state index is 0.593. The molecular weight excluding hydrogens is 240 g/mol. The minimum Gasteiger partial charge on any atom is -0.492 e. The molecule has 1 aromatic heterocycles. The molecular formula is C14H20N4O. The van der Waals surface area contributed by atoms with Crippen molar-refractivity contribution in [1.82, 2.24) is 15.0 Å². The molecule has 5 heteroatoms. The summed E-state index contributed by atoms with van der Waals surface area (Å²) in [6.45, 7) is 2.04. The van der Waals surface area contributed by atoms with Crippen molar-refractivity contribution in [2.75, 3.05) is 13.2 Å². The first kappa shape index (κ1) is 13.5. The number of para-hydroxylation sites is 1. The monoisotopic (exact) mass is 260 g/mol. The highest BCUT2D eigenvalue weighted by atomic mass is 16.5. The number of aromatic nitrogens is 3. The normalized spacial score (nSPS) is 10.6. The van der Waals surface area contributed by atoms with Gasteiger partial charge in [0.05, 0.1) is 12.2 Å². The molecule has 1 aromatic carbocycles. The largest absolute Gasteiger partial charge is 0.492 e. The summed E-state index contributed by atoms with van der Waals surface area (Å²) >= 11 is 0. The average molecular weight is 260 g/mol. The molecule has 19 heavy (non-hydrogen) atoms. The van der Waals surface area contributed by atoms with Crippen LogP contribution < -0.4 is 10.5 Å². The molecule has 102 valence electrons. The smallest absolute Gasteiger partial charge is 0.119 e. The van der Waals surface area contributed by atoms with Crippen molar-refractivity contribution in [2.45, 2.75) is 25.8 Å². The second-order valence-electron chi connectivity index (χ2n) is 4.38. The van der Waals surface area contributed by atoms with Crippen molar-refractivity contribution >= 4 is 0 Å². The Morgan fingerprint density at radius 2 is 2.00 bits per heavy atom. The van der Waals surface area contributed by atoms with Crippen molar-refractivity contribution in [2.24, 2.45) is 5.73 Å². The lowest BCUT2D eigenvalue weighted by molar-refractivity contribution is 0.289. The van der Waals surface area contributed by atoms with Crippen LogP contribution in [0.5, 0.6) is 5.75 Å². The zero-order valence-electron chi connectivity index (χ0n) is 11.0. The van der Waals surface area contributed by atoms with Crippen LogP contribution in [-0.2, 0) is 13.0 Å². The SMILES string of the molecule is NCCCCc1cn(CCOc2ccccc2)nn1. The second kappa shape index (κ2) is 7.53. The molecule has 1 heterocycles. The van der Waals surface area contributed by atoms with Gasteiger partial charge in [0, 0.05) is 6.20 Å². The lowest BCUT2D eigenvalue weighted by atomic mass is 10.2. The Hall–Kier alpha value is -1.88. The Labute approximate surface area is 113 Å². The summed E-state index contributed by atoms with van der Waals surface area (Å²) in [4.78, 5) is 0. The molecule has 0 saturated carbocycles. The number of aryl methyl sites for hydroxylation is 1. The summed E-state index contributed by atoms with van der Waals surface area (Å²) in [6, 6.07) is 9.78. The number of nitrogens with zero attached hydrogens (tertiary/aromatic N) is 3. The lowest BCUT2D eigenvalue weighted by Gasteiger charge is -2.04. The van der Waals surface area contributed by atoms with Gasteiger partial charge in [-0.15, -0.1) is 5.10 Å². The number of hydrogen-bond acceptors (Lipinski definition) is 4. The zero-order valence-corrected chi connectivity index (χ0v) is 11.0. The summed E-state index contributed by atoms with van der Waals surface area (Å²) in [5, 5.41) is 8.21. The fourth-order valence-corrected chi connectivity index (χ4v) is 1.79. The van der Waals surface area contributed by atoms with E-state index in [-0.39, 0.29) is 0 Å². The number of ether oxygens (including phenoxy) is 1. The van der Waals surface area contributed by atoms with Crippen LogP contribution in [-0.4, -0.2) is 28.1 Å². The zero-order chi connectivity index (χ0) is 13.3. The van der Waals surface area contributed by atoms with E-state index in [4.69, 9.17) is 10.5 Å². The first-order valence-electron chi connectivity index (χ1n) is 6.65. The third-order valence-electron chi connectivity index (χ3n) is 2.81. The first-order chi connectivity index (χ1) is 9.38. The summed E-state index contributed by atoms with van der Waals surface area (Å²) in [5.74, 6) is 0.880. The number of hydrogen-bond donors (Lipinski definition) is 1. The van der Waals surface area contributed by atoms with Gasteiger partial charge in [0.1, 0.15) is 12.4 Å². The molecule has 0 bridgehead atoms. The summed E-state index contributed by atoms with van der Waals surface area (Å²) in [6.07, 6.45) is 5.02. The number of rotatable bonds is 8. The van der Waals surface area contributed by atoms with Gasteiger partial charge in [-0.1, -0.05) is 23.4 Å². The molecule has 5 nitrogen and oxygen atoms in total. The maximum atomic E-state index is 5.61. The van der Waals surface area contributed by atoms with Gasteiger partial charge < -0.3 is 10.5 Å². The van der Waals surface area contributed by atoms with E-state index < -0.39 is 0 Å². The summed E-state index contributed by atoms with van der Waals surface area (Å²) in [5.41, 5.74) is 6.48. The molecule has 0 spiro atoms. The number of benzene rings is 1. The van der Waals surface area contributed by atoms with Crippen LogP contribution >= 0.6 is 0 Å². The molecule has 0 atom stereocenters. The van der Waals surface area contributed by atoms with Crippen LogP contribution in [0.15, 0.2) is 36.5 Å². The van der Waals surface area contributed by atoms with Gasteiger partial charge in [0.2, 0.25) is 0 Å². The van der Waals surface area contributed by atoms with Gasteiger partial charge >= 0.3 is 0 Å². The summed E-state index contributed by atoms with van der Waals surface area (Å²) < 4.78 is 7.43. The average Bonchev–Trinajstić information content (AvgIpc) is 2.88. The van der Waals surface area contributed by atoms with Crippen molar-refractivity contribution < 1.29 is 4.74 Å². The number of unbranched alkanes of at least 4 members (excludes halogenated alkanes) is 1. The Balaban J connectivity index is 1.71. The van der Waals surface area contributed by atoms with E-state index >= 15 is 0 Å². The third-order valence-corrected chi connectivity index (χ3v) is 2.81. The molecule has 0 aliphatic rings. The van der Waals surface area contributed by atoms with Crippen molar-refractivity contribution in [3.8, 4) is 5.75 Å². The van der Waals surface area contributed by atoms with Crippen molar-refractivity contribution in [3.63, 3.8) is 0 Å². The van der Waals surface area contributed by atoms with Crippen LogP contribution in [0.4, 0.5) is 0 Å². The van der Waals surface area contributed by atoms with Gasteiger partial charge in [0.15, 0.2) is 0 Å². The molecule has 2 N–H and O–H groups in total. The van der Waals surface area contributed by atoms with E-state index in [2.05, 4.69) is 10.3 Å². The van der Waals surface area contributed by atoms with Crippen LogP contribution in [0, 0.1) is 0 Å². The predicted molar refractivity (Wildman–Crippen MR) is 74.0 cm³/mol. The van der Waals surface area contributed by atoms with Crippen molar-refractivity contribution in [1.29, 1.82) is 0 Å². The quantitative estimate of drug-likeness (QED) is 0.733. The third kappa shape index (κ3) is 4.71. The molecule has 2 rings (SSSR count). The van der Waals surface area contributed by atoms with E-state index in [1.165, 1.54) is 0 Å². The van der Waals surface area contributed by atoms with Gasteiger partial charge in [0.25, 0.3) is 0 Å². The molecule has 0 unspecified atom stereocenters. The van der Waals surface area contributed by atoms with Crippen molar-refractivity contribution in [3.05, 3.63) is 42.2 Å². The topological polar surface area (TPSA) is 66.0 Å². The van der Waals surface area contributed by atoms with Crippen LogP contribution in [0.25, 0.3) is 0 Å². The highest BCUT2D eigenvalue weighted by Crippen LogP contribution is 2.08. The standard InChI is InChI=1S/C14H20N4O/c15-9-5-4-6-13-12-18(17-16-13)10-11-19-14-7-2-1-3-8-14/h1-3,7-8,12H,4-6,9-11,15H2. The van der Waals surface area contributed by atoms with E-state index in [1.807, 2.05) is 41.2 Å². The molecule has 0 saturated heterocycles. The van der Waals surface area contributed by atoms with E-state index in [0.29, 0.717) is 13.2 Å². The Bertz CT molecular complexity index is 469. The van der Waals surface area contributed by atoms with Crippen LogP contribution in [0.1, 0.15) is 18.5 Å². The molecule has 0 amide bonds. The molecule has 0 fully saturated rings. The van der Waals surface area contributed by atoms with Gasteiger partial charge in [-0.3, -0.25) is 0 Å². The van der Waals surface area contributed by atoms with E-state index in [9.17, 15) is 0 Å². The fraction of sp³-hybridized carbons (Fsp3) is 0.429. The second-order valence-corrected chi connectivity index (χ2v) is 4.38. The Kier molecular flexibility index (Phi) is 5.37. The molecule has 2 aromatic rings. The van der Waals surface area contributed by atoms with Crippen LogP contribution in [0.2, 0.25) is 0 Å². The van der Waals surface area contributed by atoms with Gasteiger partial charge in [-0.05, 0) is 37.9 Å². The lowest BCUT2D eigenvalue weighted by Crippen LogP contribution is -2.08. The number of nitrogens with two attached hydrogens (primary N) is 1. The van der Waals surface area contributed by atoms with E-state index in [1.54, 1.807) is 0 Å². The highest BCUT2D eigenvalue weighted by molar-refractivity contribution is 5.20. The van der Waals surface area contributed by atoms with Crippen LogP contribution in [0.3, 0.4) is 0 Å². The minimum absolute atomic E-state index is 0.593. The van der Waals surface area contributed by atoms with Gasteiger partial charge in [-0.2, -0.15) is 0 Å². The molecule has 0 aliphatic carbocycles. The first-order valence-corrected chi connectivity index (χ1v) is 6.65. The van der Waals surface area contributed by atoms with E-state index in [0.717, 1.165) is 37.3 Å². The van der Waals surface area contributed by atoms with Gasteiger partial charge in [-0.25, -0.2) is 4.68 Å². The highest BCUT2D eigenvalue weighted by Gasteiger charge is 2.00. The summed E-state index contributed by atoms with van der Waals surface area (Å²) in [7, 11) is 0. The molecule has 0 radical (unpaired) electrons. The Morgan fingerprint density at radius 1 is 1.16 bits per heavy atom.